The zero-order chi connectivity index (χ0) is 23.7. The third-order valence-corrected chi connectivity index (χ3v) is 6.52. The van der Waals surface area contributed by atoms with Crippen LogP contribution in [0.3, 0.4) is 0 Å². The fraction of sp³-hybridized carbons (Fsp3) is 0.240. The molecule has 0 radical (unpaired) electrons. The van der Waals surface area contributed by atoms with E-state index in [1.807, 2.05) is 74.0 Å². The molecule has 0 atom stereocenters. The highest BCUT2D eigenvalue weighted by molar-refractivity contribution is 7.99. The Kier molecular flexibility index (Phi) is 6.02. The van der Waals surface area contributed by atoms with E-state index in [1.54, 1.807) is 4.52 Å². The van der Waals surface area contributed by atoms with Crippen molar-refractivity contribution in [2.24, 2.45) is 0 Å². The van der Waals surface area contributed by atoms with Crippen LogP contribution in [0.5, 0.6) is 0 Å². The number of fused-ring (bicyclic) bond motifs is 3. The SMILES string of the molecule is Cc1cc(C)n(CCc2nc3c4ccccc4nc(SCC(=O)Nc4ccccc4C)n3n2)n1. The number of thioether (sulfide) groups is 1. The molecule has 34 heavy (non-hydrogen) atoms. The molecule has 2 aromatic carbocycles. The Morgan fingerprint density at radius 2 is 1.79 bits per heavy atom. The maximum atomic E-state index is 12.6. The van der Waals surface area contributed by atoms with Crippen LogP contribution in [0.25, 0.3) is 16.6 Å². The molecule has 172 valence electrons. The first-order valence-corrected chi connectivity index (χ1v) is 12.1. The van der Waals surface area contributed by atoms with Crippen LogP contribution in [-0.4, -0.2) is 41.0 Å². The lowest BCUT2D eigenvalue weighted by Crippen LogP contribution is -2.15. The van der Waals surface area contributed by atoms with Gasteiger partial charge >= 0.3 is 0 Å². The highest BCUT2D eigenvalue weighted by atomic mass is 32.2. The van der Waals surface area contributed by atoms with Crippen LogP contribution in [-0.2, 0) is 17.8 Å². The number of nitrogens with one attached hydrogen (secondary N) is 1. The van der Waals surface area contributed by atoms with Gasteiger partial charge in [-0.15, -0.1) is 5.10 Å². The van der Waals surface area contributed by atoms with E-state index >= 15 is 0 Å². The van der Waals surface area contributed by atoms with Crippen molar-refractivity contribution in [3.8, 4) is 0 Å². The van der Waals surface area contributed by atoms with E-state index in [0.29, 0.717) is 18.1 Å². The predicted octanol–water partition coefficient (Wildman–Crippen LogP) is 4.37. The first-order chi connectivity index (χ1) is 16.5. The second-order valence-corrected chi connectivity index (χ2v) is 9.17. The summed E-state index contributed by atoms with van der Waals surface area (Å²) in [6.45, 7) is 6.71. The van der Waals surface area contributed by atoms with Crippen LogP contribution in [0.15, 0.2) is 59.8 Å². The lowest BCUT2D eigenvalue weighted by atomic mass is 10.2. The van der Waals surface area contributed by atoms with Gasteiger partial charge < -0.3 is 5.32 Å². The Labute approximate surface area is 201 Å². The molecule has 0 unspecified atom stereocenters. The van der Waals surface area contributed by atoms with Crippen LogP contribution in [0.2, 0.25) is 0 Å². The van der Waals surface area contributed by atoms with Crippen molar-refractivity contribution in [3.63, 3.8) is 0 Å². The molecule has 9 heteroatoms. The van der Waals surface area contributed by atoms with Gasteiger partial charge in [-0.05, 0) is 50.6 Å². The van der Waals surface area contributed by atoms with Gasteiger partial charge in [-0.2, -0.15) is 9.61 Å². The van der Waals surface area contributed by atoms with E-state index in [4.69, 9.17) is 15.1 Å². The van der Waals surface area contributed by atoms with Gasteiger partial charge in [0.15, 0.2) is 16.6 Å². The minimum Gasteiger partial charge on any atom is -0.325 e. The van der Waals surface area contributed by atoms with Crippen molar-refractivity contribution in [1.29, 1.82) is 0 Å². The van der Waals surface area contributed by atoms with Crippen molar-refractivity contribution >= 4 is 39.9 Å². The van der Waals surface area contributed by atoms with Crippen LogP contribution < -0.4 is 5.32 Å². The van der Waals surface area contributed by atoms with Gasteiger partial charge in [0.2, 0.25) is 5.91 Å². The van der Waals surface area contributed by atoms with E-state index in [-0.39, 0.29) is 11.7 Å². The molecule has 0 saturated carbocycles. The molecule has 1 N–H and O–H groups in total. The van der Waals surface area contributed by atoms with Gasteiger partial charge in [0.1, 0.15) is 0 Å². The molecule has 5 aromatic rings. The standard InChI is InChI=1S/C25H25N7OS/c1-16-8-4-6-10-20(16)26-23(33)15-34-25-27-21-11-7-5-9-19(21)24-28-22(30-32(24)25)12-13-31-18(3)14-17(2)29-31/h4-11,14H,12-13,15H2,1-3H3,(H,26,33). The maximum absolute atomic E-state index is 12.6. The normalized spacial score (nSPS) is 11.4. The zero-order valence-corrected chi connectivity index (χ0v) is 20.1. The number of hydrogen-bond donors (Lipinski definition) is 1. The van der Waals surface area contributed by atoms with Crippen LogP contribution >= 0.6 is 11.8 Å². The molecule has 0 aliphatic carbocycles. The first-order valence-electron chi connectivity index (χ1n) is 11.1. The van der Waals surface area contributed by atoms with Gasteiger partial charge in [0.05, 0.1) is 17.0 Å². The predicted molar refractivity (Wildman–Crippen MR) is 134 cm³/mol. The summed E-state index contributed by atoms with van der Waals surface area (Å²) in [6.07, 6.45) is 0.649. The maximum Gasteiger partial charge on any atom is 0.234 e. The molecule has 0 spiro atoms. The monoisotopic (exact) mass is 471 g/mol. The van der Waals surface area contributed by atoms with E-state index in [0.717, 1.165) is 45.0 Å². The van der Waals surface area contributed by atoms with Gasteiger partial charge in [-0.25, -0.2) is 9.97 Å². The summed E-state index contributed by atoms with van der Waals surface area (Å²) in [5, 5.41) is 13.8. The minimum atomic E-state index is -0.0905. The summed E-state index contributed by atoms with van der Waals surface area (Å²) in [4.78, 5) is 22.2. The van der Waals surface area contributed by atoms with Gasteiger partial charge in [-0.3, -0.25) is 9.48 Å². The molecule has 0 bridgehead atoms. The molecule has 8 nitrogen and oxygen atoms in total. The summed E-state index contributed by atoms with van der Waals surface area (Å²) in [5.41, 5.74) is 5.53. The molecule has 5 rings (SSSR count). The Hall–Kier alpha value is -3.72. The van der Waals surface area contributed by atoms with Crippen LogP contribution in [0.1, 0.15) is 22.8 Å². The molecule has 0 fully saturated rings. The molecular formula is C25H25N7OS. The Balaban J connectivity index is 1.40. The quantitative estimate of drug-likeness (QED) is 0.280. The van der Waals surface area contributed by atoms with Crippen molar-refractivity contribution in [2.75, 3.05) is 11.1 Å². The Morgan fingerprint density at radius 1 is 1.00 bits per heavy atom. The number of para-hydroxylation sites is 2. The van der Waals surface area contributed by atoms with Crippen molar-refractivity contribution < 1.29 is 4.79 Å². The van der Waals surface area contributed by atoms with Gasteiger partial charge in [0, 0.05) is 29.7 Å². The molecule has 0 saturated heterocycles. The highest BCUT2D eigenvalue weighted by Crippen LogP contribution is 2.24. The van der Waals surface area contributed by atoms with E-state index in [2.05, 4.69) is 16.5 Å². The molecule has 3 aromatic heterocycles. The Morgan fingerprint density at radius 3 is 2.59 bits per heavy atom. The largest absolute Gasteiger partial charge is 0.325 e. The third-order valence-electron chi connectivity index (χ3n) is 5.60. The lowest BCUT2D eigenvalue weighted by Gasteiger charge is -2.08. The van der Waals surface area contributed by atoms with Crippen LogP contribution in [0.4, 0.5) is 5.69 Å². The molecular weight excluding hydrogens is 446 g/mol. The van der Waals surface area contributed by atoms with Gasteiger partial charge in [0.25, 0.3) is 0 Å². The molecule has 1 amide bonds. The van der Waals surface area contributed by atoms with Crippen LogP contribution in [0, 0.1) is 20.8 Å². The third kappa shape index (κ3) is 4.51. The average Bonchev–Trinajstić information content (AvgIpc) is 3.40. The smallest absolute Gasteiger partial charge is 0.234 e. The number of rotatable bonds is 7. The number of nitrogens with zero attached hydrogens (tertiary/aromatic N) is 6. The number of carbonyl (C=O) groups is 1. The second kappa shape index (κ2) is 9.26. The first kappa shape index (κ1) is 22.1. The minimum absolute atomic E-state index is 0.0905. The summed E-state index contributed by atoms with van der Waals surface area (Å²) < 4.78 is 3.73. The topological polar surface area (TPSA) is 90.0 Å². The lowest BCUT2D eigenvalue weighted by molar-refractivity contribution is -0.113. The summed E-state index contributed by atoms with van der Waals surface area (Å²) in [7, 11) is 0. The fourth-order valence-corrected chi connectivity index (χ4v) is 4.65. The number of anilines is 1. The number of carbonyl (C=O) groups excluding carboxylic acids is 1. The van der Waals surface area contributed by atoms with E-state index in [9.17, 15) is 4.79 Å². The van der Waals surface area contributed by atoms with Crippen molar-refractivity contribution in [2.45, 2.75) is 38.9 Å². The molecule has 0 aliphatic heterocycles. The summed E-state index contributed by atoms with van der Waals surface area (Å²) >= 11 is 1.35. The number of hydrogen-bond acceptors (Lipinski definition) is 6. The molecule has 3 heterocycles. The summed E-state index contributed by atoms with van der Waals surface area (Å²) in [5.74, 6) is 0.847. The fourth-order valence-electron chi connectivity index (χ4n) is 3.91. The highest BCUT2D eigenvalue weighted by Gasteiger charge is 2.16. The Bertz CT molecular complexity index is 1500. The average molecular weight is 472 g/mol. The number of benzene rings is 2. The molecule has 0 aliphatic rings. The van der Waals surface area contributed by atoms with E-state index < -0.39 is 0 Å². The van der Waals surface area contributed by atoms with Crippen molar-refractivity contribution in [3.05, 3.63) is 77.4 Å². The number of amides is 1. The zero-order valence-electron chi connectivity index (χ0n) is 19.3. The second-order valence-electron chi connectivity index (χ2n) is 8.23. The number of aryl methyl sites for hydroxylation is 5. The van der Waals surface area contributed by atoms with Crippen molar-refractivity contribution in [1.82, 2.24) is 29.4 Å². The number of aromatic nitrogens is 6. The van der Waals surface area contributed by atoms with Gasteiger partial charge in [-0.1, -0.05) is 42.1 Å². The summed E-state index contributed by atoms with van der Waals surface area (Å²) in [6, 6.07) is 17.7. The van der Waals surface area contributed by atoms with E-state index in [1.165, 1.54) is 11.8 Å².